The van der Waals surface area contributed by atoms with Crippen molar-refractivity contribution in [1.82, 2.24) is 10.2 Å². The molecule has 102 valence electrons. The first-order chi connectivity index (χ1) is 8.03. The first-order valence-corrected chi connectivity index (χ1v) is 6.62. The van der Waals surface area contributed by atoms with Crippen LogP contribution in [0.2, 0.25) is 0 Å². The lowest BCUT2D eigenvalue weighted by molar-refractivity contribution is -0.151. The minimum absolute atomic E-state index is 0.167. The molecule has 1 N–H and O–H groups in total. The van der Waals surface area contributed by atoms with Crippen LogP contribution in [0.3, 0.4) is 0 Å². The molecule has 0 aromatic heterocycles. The lowest BCUT2D eigenvalue weighted by Gasteiger charge is -2.33. The molecular weight excluding hydrogens is 216 g/mol. The number of likely N-dealkylation sites (N-methyl/N-ethyl adjacent to an activating group) is 1. The van der Waals surface area contributed by atoms with E-state index in [9.17, 15) is 4.79 Å². The third-order valence-corrected chi connectivity index (χ3v) is 2.90. The molecule has 0 aromatic rings. The summed E-state index contributed by atoms with van der Waals surface area (Å²) in [5, 5.41) is 3.09. The summed E-state index contributed by atoms with van der Waals surface area (Å²) in [6.45, 7) is 11.2. The summed E-state index contributed by atoms with van der Waals surface area (Å²) < 4.78 is 5.13. The van der Waals surface area contributed by atoms with Gasteiger partial charge >= 0.3 is 5.97 Å². The van der Waals surface area contributed by atoms with E-state index in [1.807, 2.05) is 20.9 Å². The fourth-order valence-electron chi connectivity index (χ4n) is 1.89. The van der Waals surface area contributed by atoms with Crippen molar-refractivity contribution in [2.24, 2.45) is 0 Å². The molecule has 4 heteroatoms. The maximum Gasteiger partial charge on any atom is 0.327 e. The number of esters is 1. The molecule has 0 spiro atoms. The van der Waals surface area contributed by atoms with Gasteiger partial charge in [0.25, 0.3) is 0 Å². The van der Waals surface area contributed by atoms with Crippen molar-refractivity contribution in [1.29, 1.82) is 0 Å². The van der Waals surface area contributed by atoms with Gasteiger partial charge in [-0.15, -0.1) is 0 Å². The van der Waals surface area contributed by atoms with Crippen molar-refractivity contribution < 1.29 is 9.53 Å². The summed E-state index contributed by atoms with van der Waals surface area (Å²) in [4.78, 5) is 14.2. The maximum atomic E-state index is 11.9. The number of carbonyl (C=O) groups excluding carboxylic acids is 1. The topological polar surface area (TPSA) is 41.6 Å². The van der Waals surface area contributed by atoms with Crippen LogP contribution < -0.4 is 5.32 Å². The Labute approximate surface area is 106 Å². The first-order valence-electron chi connectivity index (χ1n) is 6.62. The van der Waals surface area contributed by atoms with Gasteiger partial charge in [-0.25, -0.2) is 0 Å². The van der Waals surface area contributed by atoms with Crippen molar-refractivity contribution in [3.05, 3.63) is 0 Å². The van der Waals surface area contributed by atoms with Gasteiger partial charge in [0.05, 0.1) is 6.61 Å². The highest BCUT2D eigenvalue weighted by Crippen LogP contribution is 2.10. The second-order valence-electron chi connectivity index (χ2n) is 4.58. The highest BCUT2D eigenvalue weighted by atomic mass is 16.5. The molecule has 0 bridgehead atoms. The molecule has 1 unspecified atom stereocenters. The Morgan fingerprint density at radius 1 is 1.24 bits per heavy atom. The van der Waals surface area contributed by atoms with Crippen molar-refractivity contribution >= 4 is 5.97 Å². The molecule has 0 fully saturated rings. The quantitative estimate of drug-likeness (QED) is 0.626. The molecule has 0 aromatic carbocycles. The Hall–Kier alpha value is -0.610. The molecule has 0 amide bonds. The molecule has 0 aliphatic rings. The summed E-state index contributed by atoms with van der Waals surface area (Å²) in [6, 6.07) is 0. The van der Waals surface area contributed by atoms with Crippen LogP contribution in [0.4, 0.5) is 0 Å². The van der Waals surface area contributed by atoms with E-state index < -0.39 is 5.54 Å². The minimum Gasteiger partial charge on any atom is -0.465 e. The van der Waals surface area contributed by atoms with Crippen molar-refractivity contribution in [3.8, 4) is 0 Å². The van der Waals surface area contributed by atoms with Crippen LogP contribution in [0.1, 0.15) is 40.5 Å². The number of nitrogens with zero attached hydrogens (tertiary/aromatic N) is 1. The predicted molar refractivity (Wildman–Crippen MR) is 71.1 cm³/mol. The van der Waals surface area contributed by atoms with Crippen LogP contribution in [0.15, 0.2) is 0 Å². The van der Waals surface area contributed by atoms with Gasteiger partial charge in [-0.3, -0.25) is 4.79 Å². The van der Waals surface area contributed by atoms with Crippen LogP contribution in [0, 0.1) is 0 Å². The number of nitrogens with one attached hydrogen (secondary N) is 1. The molecule has 0 aliphatic carbocycles. The molecule has 0 rings (SSSR count). The van der Waals surface area contributed by atoms with Crippen molar-refractivity contribution in [3.63, 3.8) is 0 Å². The lowest BCUT2D eigenvalue weighted by atomic mass is 10.0. The Kier molecular flexibility index (Phi) is 8.17. The van der Waals surface area contributed by atoms with E-state index in [4.69, 9.17) is 4.74 Å². The number of ether oxygens (including phenoxy) is 1. The summed E-state index contributed by atoms with van der Waals surface area (Å²) in [5.74, 6) is -0.167. The summed E-state index contributed by atoms with van der Waals surface area (Å²) in [6.07, 6.45) is 2.20. The monoisotopic (exact) mass is 244 g/mol. The fraction of sp³-hybridized carbons (Fsp3) is 0.923. The van der Waals surface area contributed by atoms with Crippen LogP contribution in [-0.2, 0) is 9.53 Å². The van der Waals surface area contributed by atoms with E-state index in [0.29, 0.717) is 13.2 Å². The Balaban J connectivity index is 4.55. The van der Waals surface area contributed by atoms with E-state index in [2.05, 4.69) is 24.1 Å². The molecule has 1 atom stereocenters. The Bertz CT molecular complexity index is 215. The normalized spacial score (nSPS) is 14.7. The number of hydrogen-bond acceptors (Lipinski definition) is 4. The van der Waals surface area contributed by atoms with Gasteiger partial charge in [-0.05, 0) is 46.8 Å². The van der Waals surface area contributed by atoms with Gasteiger partial charge < -0.3 is 15.0 Å². The fourth-order valence-corrected chi connectivity index (χ4v) is 1.89. The van der Waals surface area contributed by atoms with Gasteiger partial charge in [-0.2, -0.15) is 0 Å². The molecule has 0 aliphatic heterocycles. The average molecular weight is 244 g/mol. The molecular formula is C13H28N2O2. The maximum absolute atomic E-state index is 11.9. The summed E-state index contributed by atoms with van der Waals surface area (Å²) >= 11 is 0. The Morgan fingerprint density at radius 2 is 1.76 bits per heavy atom. The SMILES string of the molecule is CCCN(CCC)CC(C)(NC)C(=O)OCC. The minimum atomic E-state index is -0.611. The molecule has 0 radical (unpaired) electrons. The van der Waals surface area contributed by atoms with Crippen LogP contribution in [0.5, 0.6) is 0 Å². The largest absolute Gasteiger partial charge is 0.465 e. The molecule has 0 saturated carbocycles. The van der Waals surface area contributed by atoms with E-state index in [-0.39, 0.29) is 5.97 Å². The zero-order valence-corrected chi connectivity index (χ0v) is 12.0. The van der Waals surface area contributed by atoms with Gasteiger partial charge in [0.2, 0.25) is 0 Å². The highest BCUT2D eigenvalue weighted by Gasteiger charge is 2.34. The van der Waals surface area contributed by atoms with Gasteiger partial charge in [0.15, 0.2) is 0 Å². The molecule has 4 nitrogen and oxygen atoms in total. The summed E-state index contributed by atoms with van der Waals surface area (Å²) in [7, 11) is 1.81. The van der Waals surface area contributed by atoms with Crippen LogP contribution in [0.25, 0.3) is 0 Å². The van der Waals surface area contributed by atoms with E-state index in [0.717, 1.165) is 25.9 Å². The van der Waals surface area contributed by atoms with E-state index >= 15 is 0 Å². The predicted octanol–water partition coefficient (Wildman–Crippen LogP) is 1.65. The van der Waals surface area contributed by atoms with Crippen molar-refractivity contribution in [2.45, 2.75) is 46.1 Å². The Morgan fingerprint density at radius 3 is 2.12 bits per heavy atom. The highest BCUT2D eigenvalue weighted by molar-refractivity contribution is 5.80. The average Bonchev–Trinajstić information content (AvgIpc) is 2.29. The zero-order chi connectivity index (χ0) is 13.3. The van der Waals surface area contributed by atoms with Gasteiger partial charge in [0, 0.05) is 6.54 Å². The standard InChI is InChI=1S/C13H28N2O2/c1-6-9-15(10-7-2)11-13(4,14-5)12(16)17-8-3/h14H,6-11H2,1-5H3. The van der Waals surface area contributed by atoms with Crippen LogP contribution >= 0.6 is 0 Å². The van der Waals surface area contributed by atoms with E-state index in [1.54, 1.807) is 0 Å². The number of carbonyl (C=O) groups is 1. The smallest absolute Gasteiger partial charge is 0.327 e. The first kappa shape index (κ1) is 16.4. The molecule has 17 heavy (non-hydrogen) atoms. The number of hydrogen-bond donors (Lipinski definition) is 1. The lowest BCUT2D eigenvalue weighted by Crippen LogP contribution is -2.56. The second kappa shape index (κ2) is 8.48. The second-order valence-corrected chi connectivity index (χ2v) is 4.58. The van der Waals surface area contributed by atoms with E-state index in [1.165, 1.54) is 0 Å². The summed E-state index contributed by atoms with van der Waals surface area (Å²) in [5.41, 5.74) is -0.611. The van der Waals surface area contributed by atoms with Crippen molar-refractivity contribution in [2.75, 3.05) is 33.3 Å². The number of rotatable bonds is 9. The molecule has 0 heterocycles. The third-order valence-electron chi connectivity index (χ3n) is 2.90. The van der Waals surface area contributed by atoms with Crippen LogP contribution in [-0.4, -0.2) is 49.7 Å². The van der Waals surface area contributed by atoms with Gasteiger partial charge in [-0.1, -0.05) is 13.8 Å². The molecule has 0 saturated heterocycles. The zero-order valence-electron chi connectivity index (χ0n) is 12.0. The third kappa shape index (κ3) is 5.50. The van der Waals surface area contributed by atoms with Gasteiger partial charge in [0.1, 0.15) is 5.54 Å².